The number of likely N-dealkylation sites (tertiary alicyclic amines) is 1. The lowest BCUT2D eigenvalue weighted by Crippen LogP contribution is -2.44. The van der Waals surface area contributed by atoms with Crippen molar-refractivity contribution >= 4 is 30.0 Å². The molecule has 1 aliphatic heterocycles. The number of carbonyl (C=O) groups is 1. The second kappa shape index (κ2) is 10.5. The van der Waals surface area contributed by atoms with Gasteiger partial charge in [0.2, 0.25) is 5.91 Å². The van der Waals surface area contributed by atoms with Gasteiger partial charge in [-0.1, -0.05) is 72.8 Å². The Hall–Kier alpha value is -3.76. The summed E-state index contributed by atoms with van der Waals surface area (Å²) in [7, 11) is -3.80. The van der Waals surface area contributed by atoms with E-state index in [1.165, 1.54) is 0 Å². The fraction of sp³-hybridized carbons (Fsp3) is 0.207. The molecule has 1 fully saturated rings. The van der Waals surface area contributed by atoms with E-state index in [1.54, 1.807) is 29.2 Å². The number of rotatable bonds is 8. The first kappa shape index (κ1) is 24.0. The maximum atomic E-state index is 14.4. The van der Waals surface area contributed by atoms with Crippen molar-refractivity contribution < 1.29 is 18.4 Å². The molecule has 4 aromatic rings. The Bertz CT molecular complexity index is 1330. The van der Waals surface area contributed by atoms with Crippen LogP contribution in [0.1, 0.15) is 19.8 Å². The maximum Gasteiger partial charge on any atom is 0.453 e. The first-order chi connectivity index (χ1) is 17.5. The van der Waals surface area contributed by atoms with E-state index in [1.807, 2.05) is 85.8 Å². The van der Waals surface area contributed by atoms with Crippen molar-refractivity contribution in [1.29, 1.82) is 0 Å². The standard InChI is InChI=1S/C29H29N2O4P/c1-22(30-27-19-10-13-23-12-8-9-18-26(23)27)29(32)31-21-11-20-28(31)36(33,34-24-14-4-2-5-15-24)35-25-16-6-3-7-17-25/h2-10,12-19,22,28,30H,11,20-21H2,1H3/t22-,28+/m0/s1. The summed E-state index contributed by atoms with van der Waals surface area (Å²) in [6.45, 7) is 2.33. The number of benzene rings is 4. The fourth-order valence-corrected chi connectivity index (χ4v) is 6.81. The number of para-hydroxylation sites is 2. The van der Waals surface area contributed by atoms with Crippen LogP contribution in [0.15, 0.2) is 103 Å². The number of amides is 1. The third-order valence-electron chi connectivity index (χ3n) is 6.35. The lowest BCUT2D eigenvalue weighted by Gasteiger charge is -2.32. The molecule has 6 nitrogen and oxygen atoms in total. The summed E-state index contributed by atoms with van der Waals surface area (Å²) in [6.07, 6.45) is 1.25. The first-order valence-electron chi connectivity index (χ1n) is 12.2. The average Bonchev–Trinajstić information content (AvgIpc) is 3.41. The van der Waals surface area contributed by atoms with Gasteiger partial charge in [0.1, 0.15) is 17.5 Å². The summed E-state index contributed by atoms with van der Waals surface area (Å²) in [5.74, 6) is 0.0529. The molecule has 0 unspecified atom stereocenters. The summed E-state index contributed by atoms with van der Waals surface area (Å²) in [5, 5.41) is 5.51. The van der Waals surface area contributed by atoms with Crippen LogP contribution in [0.3, 0.4) is 0 Å². The Kier molecular flexibility index (Phi) is 6.97. The summed E-state index contributed by atoms with van der Waals surface area (Å²) in [6, 6.07) is 31.5. The molecule has 184 valence electrons. The van der Waals surface area contributed by atoms with Crippen LogP contribution in [0.2, 0.25) is 0 Å². The smallest absolute Gasteiger partial charge is 0.415 e. The van der Waals surface area contributed by atoms with Gasteiger partial charge in [-0.05, 0) is 55.5 Å². The van der Waals surface area contributed by atoms with E-state index >= 15 is 0 Å². The van der Waals surface area contributed by atoms with Crippen LogP contribution >= 0.6 is 7.60 Å². The molecular weight excluding hydrogens is 471 g/mol. The zero-order valence-corrected chi connectivity index (χ0v) is 21.0. The van der Waals surface area contributed by atoms with Crippen molar-refractivity contribution in [2.75, 3.05) is 11.9 Å². The molecule has 0 aliphatic carbocycles. The minimum Gasteiger partial charge on any atom is -0.415 e. The summed E-state index contributed by atoms with van der Waals surface area (Å²) < 4.78 is 26.5. The highest BCUT2D eigenvalue weighted by Gasteiger charge is 2.48. The Labute approximate surface area is 211 Å². The molecule has 36 heavy (non-hydrogen) atoms. The van der Waals surface area contributed by atoms with E-state index in [0.717, 1.165) is 22.9 Å². The average molecular weight is 501 g/mol. The highest BCUT2D eigenvalue weighted by molar-refractivity contribution is 7.55. The largest absolute Gasteiger partial charge is 0.453 e. The van der Waals surface area contributed by atoms with E-state index in [9.17, 15) is 9.36 Å². The molecule has 1 heterocycles. The van der Waals surface area contributed by atoms with Crippen molar-refractivity contribution in [1.82, 2.24) is 4.90 Å². The number of nitrogens with zero attached hydrogens (tertiary/aromatic N) is 1. The highest BCUT2D eigenvalue weighted by Crippen LogP contribution is 2.57. The summed E-state index contributed by atoms with van der Waals surface area (Å²) in [4.78, 5) is 15.3. The molecule has 4 aromatic carbocycles. The number of hydrogen-bond donors (Lipinski definition) is 1. The van der Waals surface area contributed by atoms with E-state index < -0.39 is 19.4 Å². The quantitative estimate of drug-likeness (QED) is 0.266. The molecular formula is C29H29N2O4P. The molecule has 1 N–H and O–H groups in total. The normalized spacial score (nSPS) is 16.5. The minimum atomic E-state index is -3.80. The Morgan fingerprint density at radius 2 is 1.44 bits per heavy atom. The Morgan fingerprint density at radius 3 is 2.11 bits per heavy atom. The van der Waals surface area contributed by atoms with Crippen LogP contribution < -0.4 is 14.4 Å². The van der Waals surface area contributed by atoms with Gasteiger partial charge in [-0.3, -0.25) is 4.79 Å². The molecule has 5 rings (SSSR count). The van der Waals surface area contributed by atoms with E-state index in [0.29, 0.717) is 24.5 Å². The van der Waals surface area contributed by atoms with Gasteiger partial charge in [0.25, 0.3) is 0 Å². The van der Waals surface area contributed by atoms with Crippen molar-refractivity contribution in [3.8, 4) is 11.5 Å². The number of nitrogens with one attached hydrogen (secondary N) is 1. The van der Waals surface area contributed by atoms with Crippen molar-refractivity contribution in [2.45, 2.75) is 31.6 Å². The van der Waals surface area contributed by atoms with Gasteiger partial charge in [0, 0.05) is 17.6 Å². The second-order valence-electron chi connectivity index (χ2n) is 8.90. The number of hydrogen-bond acceptors (Lipinski definition) is 5. The molecule has 0 aromatic heterocycles. The van der Waals surface area contributed by atoms with Gasteiger partial charge in [-0.2, -0.15) is 0 Å². The first-order valence-corrected chi connectivity index (χ1v) is 13.8. The predicted octanol–water partition coefficient (Wildman–Crippen LogP) is 6.94. The number of carbonyl (C=O) groups excluding carboxylic acids is 1. The maximum absolute atomic E-state index is 14.4. The molecule has 0 radical (unpaired) electrons. The Morgan fingerprint density at radius 1 is 0.861 bits per heavy atom. The topological polar surface area (TPSA) is 67.9 Å². The van der Waals surface area contributed by atoms with Crippen molar-refractivity contribution in [2.24, 2.45) is 0 Å². The van der Waals surface area contributed by atoms with Crippen LogP contribution in [0, 0.1) is 0 Å². The van der Waals surface area contributed by atoms with Gasteiger partial charge >= 0.3 is 7.60 Å². The monoisotopic (exact) mass is 500 g/mol. The number of anilines is 1. The zero-order valence-electron chi connectivity index (χ0n) is 20.1. The van der Waals surface area contributed by atoms with Crippen molar-refractivity contribution in [3.05, 3.63) is 103 Å². The van der Waals surface area contributed by atoms with Gasteiger partial charge in [-0.15, -0.1) is 0 Å². The third-order valence-corrected chi connectivity index (χ3v) is 8.55. The molecule has 2 atom stereocenters. The third kappa shape index (κ3) is 5.09. The van der Waals surface area contributed by atoms with Crippen LogP contribution in [0.25, 0.3) is 10.8 Å². The highest BCUT2D eigenvalue weighted by atomic mass is 31.2. The van der Waals surface area contributed by atoms with Crippen molar-refractivity contribution in [3.63, 3.8) is 0 Å². The molecule has 1 aliphatic rings. The molecule has 0 saturated carbocycles. The molecule has 1 amide bonds. The molecule has 0 spiro atoms. The van der Waals surface area contributed by atoms with E-state index in [2.05, 4.69) is 5.32 Å². The van der Waals surface area contributed by atoms with Gasteiger partial charge in [0.05, 0.1) is 0 Å². The fourth-order valence-electron chi connectivity index (χ4n) is 4.63. The predicted molar refractivity (Wildman–Crippen MR) is 144 cm³/mol. The van der Waals surface area contributed by atoms with Crippen LogP contribution in [-0.4, -0.2) is 29.2 Å². The van der Waals surface area contributed by atoms with E-state index in [4.69, 9.17) is 9.05 Å². The SMILES string of the molecule is C[C@H](Nc1cccc2ccccc12)C(=O)N1CCC[C@H]1P(=O)(Oc1ccccc1)Oc1ccccc1. The van der Waals surface area contributed by atoms with Crippen LogP contribution in [0.5, 0.6) is 11.5 Å². The van der Waals surface area contributed by atoms with E-state index in [-0.39, 0.29) is 5.91 Å². The van der Waals surface area contributed by atoms with Gasteiger partial charge in [0.15, 0.2) is 5.78 Å². The van der Waals surface area contributed by atoms with Gasteiger partial charge < -0.3 is 19.3 Å². The van der Waals surface area contributed by atoms with Gasteiger partial charge in [-0.25, -0.2) is 4.57 Å². The second-order valence-corrected chi connectivity index (χ2v) is 10.9. The lowest BCUT2D eigenvalue weighted by molar-refractivity contribution is -0.131. The molecule has 1 saturated heterocycles. The van der Waals surface area contributed by atoms with Crippen LogP contribution in [-0.2, 0) is 9.36 Å². The lowest BCUT2D eigenvalue weighted by atomic mass is 10.1. The summed E-state index contributed by atoms with van der Waals surface area (Å²) >= 11 is 0. The van der Waals surface area contributed by atoms with Crippen LogP contribution in [0.4, 0.5) is 5.69 Å². The molecule has 7 heteroatoms. The number of fused-ring (bicyclic) bond motifs is 1. The molecule has 0 bridgehead atoms. The zero-order chi connectivity index (χ0) is 25.0. The summed E-state index contributed by atoms with van der Waals surface area (Å²) in [5.41, 5.74) is 0.883. The Balaban J connectivity index is 1.41. The minimum absolute atomic E-state index is 0.140.